The molecule has 0 atom stereocenters. The molecule has 0 radical (unpaired) electrons. The molecule has 4 rings (SSSR count). The number of carbonyl (C=O) groups is 2. The van der Waals surface area contributed by atoms with Gasteiger partial charge in [-0.25, -0.2) is 9.78 Å². The molecule has 1 amide bonds. The van der Waals surface area contributed by atoms with Crippen LogP contribution in [0.15, 0.2) is 72.8 Å². The predicted molar refractivity (Wildman–Crippen MR) is 127 cm³/mol. The number of nitrogens with one attached hydrogen (secondary N) is 1. The second kappa shape index (κ2) is 9.34. The van der Waals surface area contributed by atoms with Crippen LogP contribution in [0.4, 0.5) is 0 Å². The summed E-state index contributed by atoms with van der Waals surface area (Å²) in [5, 5.41) is 13.7. The molecule has 1 heterocycles. The molecule has 0 fully saturated rings. The van der Waals surface area contributed by atoms with Crippen LogP contribution < -0.4 is 5.32 Å². The lowest BCUT2D eigenvalue weighted by Crippen LogP contribution is -2.22. The third-order valence-corrected chi connectivity index (χ3v) is 6.43. The Labute approximate surface area is 194 Å². The number of carbonyl (C=O) groups excluding carboxylic acids is 1. The predicted octanol–water partition coefficient (Wildman–Crippen LogP) is 6.07. The normalized spacial score (nSPS) is 10.7. The molecule has 0 aliphatic rings. The Hall–Kier alpha value is -3.48. The standard InChI is InChI=1S/C25H19ClN2O3S/c1-15-22(32-24(28-15)16-9-11-20(26)12-10-16)23(29)27-14-19-5-2-3-8-21(19)17-6-4-7-18(13-17)25(30)31/h2-13H,14H2,1H3,(H,27,29)(H,30,31). The fourth-order valence-electron chi connectivity index (χ4n) is 3.35. The zero-order valence-electron chi connectivity index (χ0n) is 17.1. The van der Waals surface area contributed by atoms with E-state index in [1.807, 2.05) is 49.4 Å². The van der Waals surface area contributed by atoms with Gasteiger partial charge in [0.25, 0.3) is 5.91 Å². The molecule has 5 nitrogen and oxygen atoms in total. The average Bonchev–Trinajstić information content (AvgIpc) is 3.20. The van der Waals surface area contributed by atoms with Gasteiger partial charge in [-0.3, -0.25) is 4.79 Å². The van der Waals surface area contributed by atoms with Gasteiger partial charge < -0.3 is 10.4 Å². The van der Waals surface area contributed by atoms with E-state index in [1.54, 1.807) is 30.3 Å². The van der Waals surface area contributed by atoms with Crippen molar-refractivity contribution in [2.75, 3.05) is 0 Å². The number of carboxylic acids is 1. The fourth-order valence-corrected chi connectivity index (χ4v) is 4.47. The number of hydrogen-bond donors (Lipinski definition) is 2. The summed E-state index contributed by atoms with van der Waals surface area (Å²) in [7, 11) is 0. The van der Waals surface area contributed by atoms with E-state index in [9.17, 15) is 14.7 Å². The first-order chi connectivity index (χ1) is 15.4. The number of nitrogens with zero attached hydrogens (tertiary/aromatic N) is 1. The Morgan fingerprint density at radius 1 is 1.00 bits per heavy atom. The van der Waals surface area contributed by atoms with Crippen molar-refractivity contribution in [2.24, 2.45) is 0 Å². The van der Waals surface area contributed by atoms with Crippen LogP contribution in [0, 0.1) is 6.92 Å². The van der Waals surface area contributed by atoms with Crippen molar-refractivity contribution >= 4 is 34.8 Å². The Bertz CT molecular complexity index is 1300. The van der Waals surface area contributed by atoms with Crippen LogP contribution in [0.2, 0.25) is 5.02 Å². The minimum atomic E-state index is -0.977. The first-order valence-corrected chi connectivity index (χ1v) is 11.0. The number of amides is 1. The van der Waals surface area contributed by atoms with E-state index in [0.29, 0.717) is 22.1 Å². The molecule has 0 aliphatic heterocycles. The summed E-state index contributed by atoms with van der Waals surface area (Å²) in [6.07, 6.45) is 0. The lowest BCUT2D eigenvalue weighted by Gasteiger charge is -2.11. The van der Waals surface area contributed by atoms with Gasteiger partial charge in [0.1, 0.15) is 9.88 Å². The zero-order chi connectivity index (χ0) is 22.7. The summed E-state index contributed by atoms with van der Waals surface area (Å²) in [4.78, 5) is 29.3. The van der Waals surface area contributed by atoms with Crippen LogP contribution in [0.25, 0.3) is 21.7 Å². The molecule has 1 aromatic heterocycles. The van der Waals surface area contributed by atoms with Crippen molar-refractivity contribution in [2.45, 2.75) is 13.5 Å². The quantitative estimate of drug-likeness (QED) is 0.364. The maximum atomic E-state index is 12.9. The molecule has 3 aromatic carbocycles. The van der Waals surface area contributed by atoms with Crippen molar-refractivity contribution in [3.05, 3.63) is 99.5 Å². The van der Waals surface area contributed by atoms with E-state index < -0.39 is 5.97 Å². The van der Waals surface area contributed by atoms with Gasteiger partial charge in [-0.15, -0.1) is 11.3 Å². The third-order valence-electron chi connectivity index (χ3n) is 4.97. The summed E-state index contributed by atoms with van der Waals surface area (Å²) in [6.45, 7) is 2.12. The molecule has 0 spiro atoms. The van der Waals surface area contributed by atoms with E-state index >= 15 is 0 Å². The fraction of sp³-hybridized carbons (Fsp3) is 0.0800. The van der Waals surface area contributed by atoms with Crippen LogP contribution in [-0.4, -0.2) is 22.0 Å². The van der Waals surface area contributed by atoms with Gasteiger partial charge in [0.05, 0.1) is 11.3 Å². The minimum absolute atomic E-state index is 0.200. The molecule has 160 valence electrons. The molecule has 4 aromatic rings. The van der Waals surface area contributed by atoms with E-state index in [2.05, 4.69) is 10.3 Å². The molecule has 0 aliphatic carbocycles. The Kier molecular flexibility index (Phi) is 6.35. The Morgan fingerprint density at radius 2 is 1.75 bits per heavy atom. The first-order valence-electron chi connectivity index (χ1n) is 9.85. The van der Waals surface area contributed by atoms with E-state index in [1.165, 1.54) is 11.3 Å². The van der Waals surface area contributed by atoms with Crippen molar-refractivity contribution < 1.29 is 14.7 Å². The zero-order valence-corrected chi connectivity index (χ0v) is 18.7. The van der Waals surface area contributed by atoms with E-state index in [0.717, 1.165) is 27.3 Å². The van der Waals surface area contributed by atoms with Gasteiger partial charge in [0.15, 0.2) is 0 Å². The van der Waals surface area contributed by atoms with Gasteiger partial charge in [-0.2, -0.15) is 0 Å². The van der Waals surface area contributed by atoms with Gasteiger partial charge >= 0.3 is 5.97 Å². The summed E-state index contributed by atoms with van der Waals surface area (Å²) >= 11 is 7.29. The summed E-state index contributed by atoms with van der Waals surface area (Å²) < 4.78 is 0. The number of aromatic carboxylic acids is 1. The third kappa shape index (κ3) is 4.72. The number of halogens is 1. The lowest BCUT2D eigenvalue weighted by molar-refractivity contribution is 0.0696. The average molecular weight is 463 g/mol. The van der Waals surface area contributed by atoms with Gasteiger partial charge in [-0.05, 0) is 47.9 Å². The van der Waals surface area contributed by atoms with Gasteiger partial charge in [-0.1, -0.05) is 60.1 Å². The second-order valence-corrected chi connectivity index (χ2v) is 8.60. The summed E-state index contributed by atoms with van der Waals surface area (Å²) in [6, 6.07) is 21.7. The highest BCUT2D eigenvalue weighted by Crippen LogP contribution is 2.29. The Balaban J connectivity index is 1.54. The number of hydrogen-bond acceptors (Lipinski definition) is 4. The number of aromatic nitrogens is 1. The number of aryl methyl sites for hydroxylation is 1. The van der Waals surface area contributed by atoms with Crippen molar-refractivity contribution in [1.82, 2.24) is 10.3 Å². The summed E-state index contributed by atoms with van der Waals surface area (Å²) in [5.74, 6) is -1.18. The van der Waals surface area contributed by atoms with Gasteiger partial charge in [0.2, 0.25) is 0 Å². The minimum Gasteiger partial charge on any atom is -0.478 e. The number of carboxylic acid groups (broad SMARTS) is 1. The Morgan fingerprint density at radius 3 is 2.50 bits per heavy atom. The molecule has 2 N–H and O–H groups in total. The highest BCUT2D eigenvalue weighted by molar-refractivity contribution is 7.17. The molecular weight excluding hydrogens is 444 g/mol. The largest absolute Gasteiger partial charge is 0.478 e. The lowest BCUT2D eigenvalue weighted by atomic mass is 9.98. The van der Waals surface area contributed by atoms with Crippen molar-refractivity contribution in [1.29, 1.82) is 0 Å². The van der Waals surface area contributed by atoms with Crippen LogP contribution in [0.5, 0.6) is 0 Å². The van der Waals surface area contributed by atoms with Crippen LogP contribution in [0.1, 0.15) is 31.3 Å². The summed E-state index contributed by atoms with van der Waals surface area (Å²) in [5.41, 5.74) is 4.34. The van der Waals surface area contributed by atoms with Crippen molar-refractivity contribution in [3.8, 4) is 21.7 Å². The molecule has 0 unspecified atom stereocenters. The molecule has 0 bridgehead atoms. The van der Waals surface area contributed by atoms with Gasteiger partial charge in [0, 0.05) is 17.1 Å². The van der Waals surface area contributed by atoms with Crippen molar-refractivity contribution in [3.63, 3.8) is 0 Å². The maximum absolute atomic E-state index is 12.9. The molecule has 0 saturated carbocycles. The highest BCUT2D eigenvalue weighted by Gasteiger charge is 2.17. The number of thiazole rings is 1. The SMILES string of the molecule is Cc1nc(-c2ccc(Cl)cc2)sc1C(=O)NCc1ccccc1-c1cccc(C(=O)O)c1. The van der Waals surface area contributed by atoms with E-state index in [4.69, 9.17) is 11.6 Å². The molecule has 0 saturated heterocycles. The topological polar surface area (TPSA) is 79.3 Å². The first kappa shape index (κ1) is 21.7. The maximum Gasteiger partial charge on any atom is 0.335 e. The second-order valence-electron chi connectivity index (χ2n) is 7.17. The molecule has 32 heavy (non-hydrogen) atoms. The number of rotatable bonds is 6. The van der Waals surface area contributed by atoms with Crippen LogP contribution in [0.3, 0.4) is 0 Å². The molecular formula is C25H19ClN2O3S. The highest BCUT2D eigenvalue weighted by atomic mass is 35.5. The van der Waals surface area contributed by atoms with E-state index in [-0.39, 0.29) is 11.5 Å². The molecule has 7 heteroatoms. The monoisotopic (exact) mass is 462 g/mol. The van der Waals surface area contributed by atoms with Crippen LogP contribution in [-0.2, 0) is 6.54 Å². The number of benzene rings is 3. The van der Waals surface area contributed by atoms with Crippen LogP contribution >= 0.6 is 22.9 Å². The smallest absolute Gasteiger partial charge is 0.335 e.